The number of carbonyl (C=O) groups is 2. The van der Waals surface area contributed by atoms with Crippen LogP contribution in [0.4, 0.5) is 5.69 Å². The first-order chi connectivity index (χ1) is 9.04. The number of anilines is 1. The van der Waals surface area contributed by atoms with Crippen LogP contribution in [0, 0.1) is 0 Å². The fraction of sp³-hybridized carbons (Fsp3) is 0.429. The number of aromatic carboxylic acids is 1. The quantitative estimate of drug-likeness (QED) is 0.859. The number of carboxylic acids is 1. The molecule has 5 heteroatoms. The molecule has 0 aliphatic carbocycles. The zero-order valence-electron chi connectivity index (χ0n) is 10.9. The van der Waals surface area contributed by atoms with Crippen LogP contribution in [-0.4, -0.2) is 29.6 Å². The number of carbonyl (C=O) groups excluding carboxylic acids is 1. The largest absolute Gasteiger partial charge is 0.478 e. The smallest absolute Gasteiger partial charge is 0.335 e. The molecule has 0 aromatic heterocycles. The second kappa shape index (κ2) is 5.40. The average molecular weight is 262 g/mol. The van der Waals surface area contributed by atoms with Crippen molar-refractivity contribution in [1.82, 2.24) is 0 Å². The summed E-state index contributed by atoms with van der Waals surface area (Å²) >= 11 is 0. The molecule has 0 saturated heterocycles. The number of hydrogen-bond donors (Lipinski definition) is 2. The summed E-state index contributed by atoms with van der Waals surface area (Å²) in [6, 6.07) is 4.39. The third-order valence-electron chi connectivity index (χ3n) is 3.41. The monoisotopic (exact) mass is 262 g/mol. The number of nitrogens with two attached hydrogens (primary N) is 1. The van der Waals surface area contributed by atoms with Crippen LogP contribution >= 0.6 is 0 Å². The Balaban J connectivity index is 2.27. The molecule has 0 saturated carbocycles. The maximum Gasteiger partial charge on any atom is 0.335 e. The maximum absolute atomic E-state index is 12.2. The van der Waals surface area contributed by atoms with E-state index in [1.54, 1.807) is 23.1 Å². The van der Waals surface area contributed by atoms with Crippen LogP contribution in [0.3, 0.4) is 0 Å². The summed E-state index contributed by atoms with van der Waals surface area (Å²) in [5.41, 5.74) is 7.74. The summed E-state index contributed by atoms with van der Waals surface area (Å²) < 4.78 is 0. The first kappa shape index (κ1) is 13.5. The van der Waals surface area contributed by atoms with Gasteiger partial charge < -0.3 is 15.7 Å². The molecule has 1 aliphatic heterocycles. The molecule has 1 amide bonds. The lowest BCUT2D eigenvalue weighted by atomic mass is 10.1. The van der Waals surface area contributed by atoms with E-state index in [1.165, 1.54) is 0 Å². The summed E-state index contributed by atoms with van der Waals surface area (Å²) in [6.07, 6.45) is 2.24. The van der Waals surface area contributed by atoms with Crippen LogP contribution in [0.1, 0.15) is 35.7 Å². The Kier molecular flexibility index (Phi) is 3.85. The van der Waals surface area contributed by atoms with Crippen molar-refractivity contribution in [3.63, 3.8) is 0 Å². The van der Waals surface area contributed by atoms with Crippen LogP contribution < -0.4 is 10.6 Å². The highest BCUT2D eigenvalue weighted by atomic mass is 16.4. The summed E-state index contributed by atoms with van der Waals surface area (Å²) in [5.74, 6) is -1.11. The molecule has 1 heterocycles. The molecule has 1 aromatic carbocycles. The third kappa shape index (κ3) is 2.61. The number of carboxylic acid groups (broad SMARTS) is 1. The number of benzene rings is 1. The van der Waals surface area contributed by atoms with Crippen LogP contribution in [0.2, 0.25) is 0 Å². The molecule has 3 N–H and O–H groups in total. The van der Waals surface area contributed by atoms with Crippen molar-refractivity contribution in [2.45, 2.75) is 32.2 Å². The molecule has 0 bridgehead atoms. The topological polar surface area (TPSA) is 83.6 Å². The predicted molar refractivity (Wildman–Crippen MR) is 72.3 cm³/mol. The van der Waals surface area contributed by atoms with E-state index in [0.717, 1.165) is 18.4 Å². The number of rotatable bonds is 4. The molecule has 2 rings (SSSR count). The normalized spacial score (nSPS) is 15.2. The van der Waals surface area contributed by atoms with E-state index < -0.39 is 12.0 Å². The lowest BCUT2D eigenvalue weighted by Gasteiger charge is -2.21. The third-order valence-corrected chi connectivity index (χ3v) is 3.41. The van der Waals surface area contributed by atoms with Crippen molar-refractivity contribution in [2.24, 2.45) is 5.73 Å². The molecule has 0 unspecified atom stereocenters. The van der Waals surface area contributed by atoms with Crippen molar-refractivity contribution >= 4 is 17.6 Å². The van der Waals surface area contributed by atoms with Gasteiger partial charge in [0.2, 0.25) is 5.91 Å². The Labute approximate surface area is 112 Å². The lowest BCUT2D eigenvalue weighted by Crippen LogP contribution is -2.43. The van der Waals surface area contributed by atoms with Gasteiger partial charge in [0.15, 0.2) is 0 Å². The van der Waals surface area contributed by atoms with Gasteiger partial charge in [-0.3, -0.25) is 4.79 Å². The molecule has 1 atom stereocenters. The van der Waals surface area contributed by atoms with Gasteiger partial charge in [0.25, 0.3) is 0 Å². The van der Waals surface area contributed by atoms with E-state index >= 15 is 0 Å². The Morgan fingerprint density at radius 3 is 2.84 bits per heavy atom. The van der Waals surface area contributed by atoms with E-state index in [9.17, 15) is 9.59 Å². The maximum atomic E-state index is 12.2. The highest BCUT2D eigenvalue weighted by Crippen LogP contribution is 2.29. The second-order valence-corrected chi connectivity index (χ2v) is 4.78. The van der Waals surface area contributed by atoms with Gasteiger partial charge in [-0.05, 0) is 30.5 Å². The van der Waals surface area contributed by atoms with Crippen LogP contribution in [0.25, 0.3) is 0 Å². The molecular weight excluding hydrogens is 244 g/mol. The first-order valence-electron chi connectivity index (χ1n) is 6.47. The van der Waals surface area contributed by atoms with E-state index in [0.29, 0.717) is 18.7 Å². The van der Waals surface area contributed by atoms with Gasteiger partial charge in [-0.2, -0.15) is 0 Å². The van der Waals surface area contributed by atoms with Crippen LogP contribution in [0.15, 0.2) is 18.2 Å². The van der Waals surface area contributed by atoms with Gasteiger partial charge >= 0.3 is 5.97 Å². The van der Waals surface area contributed by atoms with Gasteiger partial charge in [0, 0.05) is 12.2 Å². The van der Waals surface area contributed by atoms with E-state index in [4.69, 9.17) is 10.8 Å². The van der Waals surface area contributed by atoms with Crippen molar-refractivity contribution in [3.8, 4) is 0 Å². The fourth-order valence-corrected chi connectivity index (χ4v) is 2.38. The summed E-state index contributed by atoms with van der Waals surface area (Å²) in [4.78, 5) is 24.8. The molecule has 1 aliphatic rings. The van der Waals surface area contributed by atoms with Crippen molar-refractivity contribution in [1.29, 1.82) is 0 Å². The predicted octanol–water partition coefficient (Wildman–Crippen LogP) is 1.40. The van der Waals surface area contributed by atoms with Crippen molar-refractivity contribution in [2.75, 3.05) is 11.4 Å². The minimum atomic E-state index is -0.986. The average Bonchev–Trinajstić information content (AvgIpc) is 2.80. The molecular formula is C14H18N2O3. The van der Waals surface area contributed by atoms with Gasteiger partial charge in [-0.25, -0.2) is 4.79 Å². The number of hydrogen-bond acceptors (Lipinski definition) is 3. The number of nitrogens with zero attached hydrogens (tertiary/aromatic N) is 1. The molecule has 102 valence electrons. The van der Waals surface area contributed by atoms with E-state index in [2.05, 4.69) is 0 Å². The van der Waals surface area contributed by atoms with Crippen molar-refractivity contribution < 1.29 is 14.7 Å². The lowest BCUT2D eigenvalue weighted by molar-refractivity contribution is -0.119. The van der Waals surface area contributed by atoms with Crippen molar-refractivity contribution in [3.05, 3.63) is 29.3 Å². The molecule has 0 radical (unpaired) electrons. The first-order valence-corrected chi connectivity index (χ1v) is 6.47. The zero-order valence-corrected chi connectivity index (χ0v) is 10.9. The molecule has 0 fully saturated rings. The summed E-state index contributed by atoms with van der Waals surface area (Å²) in [6.45, 7) is 2.56. The summed E-state index contributed by atoms with van der Waals surface area (Å²) in [5, 5.41) is 9.01. The molecule has 0 spiro atoms. The van der Waals surface area contributed by atoms with E-state index in [1.807, 2.05) is 6.92 Å². The molecule has 1 aromatic rings. The van der Waals surface area contributed by atoms with Gasteiger partial charge in [0.05, 0.1) is 11.6 Å². The second-order valence-electron chi connectivity index (χ2n) is 4.78. The standard InChI is InChI=1S/C14H18N2O3/c1-2-3-11(15)13(17)16-7-6-9-4-5-10(14(18)19)8-12(9)16/h4-5,8,11H,2-3,6-7,15H2,1H3,(H,18,19)/t11-/m0/s1. The Morgan fingerprint density at radius 1 is 1.47 bits per heavy atom. The van der Waals surface area contributed by atoms with Gasteiger partial charge in [-0.1, -0.05) is 19.4 Å². The van der Waals surface area contributed by atoms with Gasteiger partial charge in [-0.15, -0.1) is 0 Å². The minimum absolute atomic E-state index is 0.122. The molecule has 19 heavy (non-hydrogen) atoms. The number of amides is 1. The minimum Gasteiger partial charge on any atom is -0.478 e. The highest BCUT2D eigenvalue weighted by Gasteiger charge is 2.28. The van der Waals surface area contributed by atoms with E-state index in [-0.39, 0.29) is 11.5 Å². The molecule has 5 nitrogen and oxygen atoms in total. The summed E-state index contributed by atoms with van der Waals surface area (Å²) in [7, 11) is 0. The highest BCUT2D eigenvalue weighted by molar-refractivity contribution is 6.00. The van der Waals surface area contributed by atoms with Gasteiger partial charge in [0.1, 0.15) is 0 Å². The van der Waals surface area contributed by atoms with Crippen LogP contribution in [-0.2, 0) is 11.2 Å². The Morgan fingerprint density at radius 2 is 2.21 bits per heavy atom. The van der Waals surface area contributed by atoms with Crippen LogP contribution in [0.5, 0.6) is 0 Å². The zero-order chi connectivity index (χ0) is 14.0. The fourth-order valence-electron chi connectivity index (χ4n) is 2.38. The number of fused-ring (bicyclic) bond motifs is 1. The SMILES string of the molecule is CCC[C@H](N)C(=O)N1CCc2ccc(C(=O)O)cc21. The Hall–Kier alpha value is -1.88. The Bertz CT molecular complexity index is 513.